The van der Waals surface area contributed by atoms with E-state index in [4.69, 9.17) is 16.7 Å². The van der Waals surface area contributed by atoms with Gasteiger partial charge in [-0.3, -0.25) is 14.6 Å². The van der Waals surface area contributed by atoms with Crippen LogP contribution in [0.1, 0.15) is 13.8 Å². The van der Waals surface area contributed by atoms with Crippen LogP contribution in [0.5, 0.6) is 0 Å². The van der Waals surface area contributed by atoms with Crippen LogP contribution in [0, 0.1) is 5.92 Å². The van der Waals surface area contributed by atoms with Crippen molar-refractivity contribution in [3.05, 3.63) is 12.2 Å². The Balaban J connectivity index is 2.97. The SMILES string of the molecule is CC(C(=O)O)C1(C)C=CC(C(=O)Cl)=N1. The third-order valence-electron chi connectivity index (χ3n) is 2.39. The summed E-state index contributed by atoms with van der Waals surface area (Å²) in [5.41, 5.74) is -0.756. The molecule has 76 valence electrons. The Morgan fingerprint density at radius 2 is 2.21 bits per heavy atom. The highest BCUT2D eigenvalue weighted by atomic mass is 35.5. The Morgan fingerprint density at radius 3 is 2.57 bits per heavy atom. The molecule has 4 nitrogen and oxygen atoms in total. The number of aliphatic carboxylic acids is 1. The van der Waals surface area contributed by atoms with Gasteiger partial charge in [0.2, 0.25) is 0 Å². The first-order chi connectivity index (χ1) is 6.37. The van der Waals surface area contributed by atoms with E-state index in [9.17, 15) is 9.59 Å². The van der Waals surface area contributed by atoms with Gasteiger partial charge < -0.3 is 5.11 Å². The van der Waals surface area contributed by atoms with Crippen LogP contribution in [0.25, 0.3) is 0 Å². The van der Waals surface area contributed by atoms with E-state index in [0.29, 0.717) is 0 Å². The molecule has 1 heterocycles. The van der Waals surface area contributed by atoms with Crippen LogP contribution in [0.3, 0.4) is 0 Å². The minimum absolute atomic E-state index is 0.113. The number of allylic oxidation sites excluding steroid dienone is 1. The quantitative estimate of drug-likeness (QED) is 0.721. The summed E-state index contributed by atoms with van der Waals surface area (Å²) in [7, 11) is 0. The molecule has 0 aliphatic carbocycles. The summed E-state index contributed by atoms with van der Waals surface area (Å²) in [6.45, 7) is 3.19. The van der Waals surface area contributed by atoms with Gasteiger partial charge in [-0.1, -0.05) is 6.08 Å². The highest BCUT2D eigenvalue weighted by molar-refractivity contribution is 6.83. The van der Waals surface area contributed by atoms with Gasteiger partial charge in [0, 0.05) is 0 Å². The molecule has 0 spiro atoms. The second-order valence-electron chi connectivity index (χ2n) is 3.39. The number of aliphatic imine (C=N–C) groups is 1. The third kappa shape index (κ3) is 1.85. The maximum absolute atomic E-state index is 10.8. The average Bonchev–Trinajstić information content (AvgIpc) is 2.48. The number of carboxylic acids is 1. The minimum atomic E-state index is -0.954. The smallest absolute Gasteiger partial charge is 0.309 e. The Morgan fingerprint density at radius 1 is 1.64 bits per heavy atom. The molecule has 1 aliphatic heterocycles. The molecule has 1 rings (SSSR count). The van der Waals surface area contributed by atoms with Crippen molar-refractivity contribution in [3.63, 3.8) is 0 Å². The molecular formula is C9H10ClNO3. The molecule has 1 aliphatic rings. The van der Waals surface area contributed by atoms with Crippen molar-refractivity contribution in [1.82, 2.24) is 0 Å². The van der Waals surface area contributed by atoms with Crippen LogP contribution in [-0.4, -0.2) is 27.6 Å². The number of hydrogen-bond acceptors (Lipinski definition) is 3. The lowest BCUT2D eigenvalue weighted by Gasteiger charge is -2.22. The van der Waals surface area contributed by atoms with Gasteiger partial charge in [0.1, 0.15) is 5.71 Å². The van der Waals surface area contributed by atoms with Crippen molar-refractivity contribution in [2.75, 3.05) is 0 Å². The van der Waals surface area contributed by atoms with Gasteiger partial charge in [-0.2, -0.15) is 0 Å². The van der Waals surface area contributed by atoms with Crippen LogP contribution in [0.2, 0.25) is 0 Å². The van der Waals surface area contributed by atoms with E-state index in [2.05, 4.69) is 4.99 Å². The van der Waals surface area contributed by atoms with Crippen molar-refractivity contribution in [3.8, 4) is 0 Å². The first-order valence-corrected chi connectivity index (χ1v) is 4.46. The Kier molecular flexibility index (Phi) is 2.76. The van der Waals surface area contributed by atoms with Gasteiger partial charge >= 0.3 is 5.97 Å². The number of nitrogens with zero attached hydrogens (tertiary/aromatic N) is 1. The van der Waals surface area contributed by atoms with Gasteiger partial charge in [-0.15, -0.1) is 0 Å². The Bertz CT molecular complexity index is 348. The lowest BCUT2D eigenvalue weighted by atomic mass is 9.88. The number of carboxylic acid groups (broad SMARTS) is 1. The van der Waals surface area contributed by atoms with E-state index >= 15 is 0 Å². The van der Waals surface area contributed by atoms with Crippen molar-refractivity contribution < 1.29 is 14.7 Å². The third-order valence-corrected chi connectivity index (χ3v) is 2.58. The lowest BCUT2D eigenvalue weighted by Crippen LogP contribution is -2.33. The van der Waals surface area contributed by atoms with Crippen molar-refractivity contribution >= 4 is 28.5 Å². The summed E-state index contributed by atoms with van der Waals surface area (Å²) in [4.78, 5) is 25.5. The number of hydrogen-bond donors (Lipinski definition) is 1. The van der Waals surface area contributed by atoms with E-state index < -0.39 is 22.7 Å². The summed E-state index contributed by atoms with van der Waals surface area (Å²) in [5, 5.41) is 8.15. The maximum Gasteiger partial charge on any atom is 0.309 e. The molecule has 0 fully saturated rings. The minimum Gasteiger partial charge on any atom is -0.481 e. The van der Waals surface area contributed by atoms with Gasteiger partial charge in [0.05, 0.1) is 11.5 Å². The average molecular weight is 216 g/mol. The van der Waals surface area contributed by atoms with Crippen molar-refractivity contribution in [2.24, 2.45) is 10.9 Å². The van der Waals surface area contributed by atoms with Crippen LogP contribution in [0.4, 0.5) is 0 Å². The van der Waals surface area contributed by atoms with Crippen LogP contribution in [-0.2, 0) is 9.59 Å². The predicted molar refractivity (Wildman–Crippen MR) is 52.6 cm³/mol. The van der Waals surface area contributed by atoms with E-state index in [1.54, 1.807) is 13.0 Å². The monoisotopic (exact) mass is 215 g/mol. The largest absolute Gasteiger partial charge is 0.481 e. The second-order valence-corrected chi connectivity index (χ2v) is 3.73. The topological polar surface area (TPSA) is 66.7 Å². The molecule has 14 heavy (non-hydrogen) atoms. The highest BCUT2D eigenvalue weighted by Crippen LogP contribution is 2.28. The predicted octanol–water partition coefficient (Wildman–Crippen LogP) is 1.24. The molecule has 0 saturated heterocycles. The molecule has 0 aromatic heterocycles. The van der Waals surface area contributed by atoms with Gasteiger partial charge in [-0.25, -0.2) is 0 Å². The summed E-state index contributed by atoms with van der Waals surface area (Å²) in [6.07, 6.45) is 3.04. The van der Waals surface area contributed by atoms with Crippen LogP contribution < -0.4 is 0 Å². The lowest BCUT2D eigenvalue weighted by molar-refractivity contribution is -0.142. The molecular weight excluding hydrogens is 206 g/mol. The van der Waals surface area contributed by atoms with E-state index in [-0.39, 0.29) is 5.71 Å². The Hall–Kier alpha value is -1.16. The fraction of sp³-hybridized carbons (Fsp3) is 0.444. The first kappa shape index (κ1) is 10.9. The fourth-order valence-electron chi connectivity index (χ4n) is 1.18. The number of carbonyl (C=O) groups excluding carboxylic acids is 1. The number of rotatable bonds is 3. The van der Waals surface area contributed by atoms with Gasteiger partial charge in [0.15, 0.2) is 0 Å². The second kappa shape index (κ2) is 3.53. The van der Waals surface area contributed by atoms with Crippen molar-refractivity contribution in [2.45, 2.75) is 19.4 Å². The zero-order valence-corrected chi connectivity index (χ0v) is 8.58. The molecule has 2 atom stereocenters. The molecule has 0 bridgehead atoms. The van der Waals surface area contributed by atoms with Gasteiger partial charge in [-0.05, 0) is 31.5 Å². The van der Waals surface area contributed by atoms with Crippen LogP contribution >= 0.6 is 11.6 Å². The molecule has 0 amide bonds. The zero-order valence-electron chi connectivity index (χ0n) is 7.82. The van der Waals surface area contributed by atoms with E-state index in [0.717, 1.165) is 0 Å². The van der Waals surface area contributed by atoms with Crippen molar-refractivity contribution in [1.29, 1.82) is 0 Å². The molecule has 2 unspecified atom stereocenters. The molecule has 0 aromatic rings. The molecule has 0 aromatic carbocycles. The summed E-state index contributed by atoms with van der Waals surface area (Å²) < 4.78 is 0. The Labute approximate surface area is 86.3 Å². The molecule has 5 heteroatoms. The zero-order chi connectivity index (χ0) is 10.9. The standard InChI is InChI=1S/C9H10ClNO3/c1-5(8(13)14)9(2)4-3-6(11-9)7(10)12/h3-5H,1-2H3,(H,13,14). The summed E-state index contributed by atoms with van der Waals surface area (Å²) >= 11 is 5.23. The first-order valence-electron chi connectivity index (χ1n) is 4.08. The molecule has 1 N–H and O–H groups in total. The summed E-state index contributed by atoms with van der Waals surface area (Å²) in [6, 6.07) is 0. The van der Waals surface area contributed by atoms with E-state index in [1.165, 1.54) is 13.0 Å². The summed E-state index contributed by atoms with van der Waals surface area (Å²) in [5.74, 6) is -1.64. The molecule has 0 saturated carbocycles. The van der Waals surface area contributed by atoms with E-state index in [1.807, 2.05) is 0 Å². The highest BCUT2D eigenvalue weighted by Gasteiger charge is 2.36. The molecule has 0 radical (unpaired) electrons. The number of carbonyl (C=O) groups is 2. The van der Waals surface area contributed by atoms with Gasteiger partial charge in [0.25, 0.3) is 5.24 Å². The number of halogens is 1. The normalized spacial score (nSPS) is 27.2. The maximum atomic E-state index is 10.8. The van der Waals surface area contributed by atoms with Crippen LogP contribution in [0.15, 0.2) is 17.1 Å². The fourth-order valence-corrected chi connectivity index (χ4v) is 1.29.